The van der Waals surface area contributed by atoms with Gasteiger partial charge in [-0.05, 0) is 13.3 Å². The molecular weight excluding hydrogens is 272 g/mol. The number of carboxylic acids is 1. The second-order valence-electron chi connectivity index (χ2n) is 4.26. The number of carbonyl (C=O) groups is 2. The Hall–Kier alpha value is -1.15. The van der Waals surface area contributed by atoms with Crippen LogP contribution in [0, 0.1) is 0 Å². The van der Waals surface area contributed by atoms with E-state index in [9.17, 15) is 18.0 Å². The van der Waals surface area contributed by atoms with Crippen LogP contribution in [-0.4, -0.2) is 55.1 Å². The molecule has 0 fully saturated rings. The van der Waals surface area contributed by atoms with Crippen molar-refractivity contribution < 1.29 is 23.1 Å². The highest BCUT2D eigenvalue weighted by Gasteiger charge is 2.23. The highest BCUT2D eigenvalue weighted by molar-refractivity contribution is 7.89. The van der Waals surface area contributed by atoms with Crippen molar-refractivity contribution in [2.75, 3.05) is 19.3 Å². The van der Waals surface area contributed by atoms with Gasteiger partial charge in [0.05, 0.1) is 12.3 Å². The van der Waals surface area contributed by atoms with Gasteiger partial charge in [-0.15, -0.1) is 0 Å². The smallest absolute Gasteiger partial charge is 0.326 e. The fourth-order valence-electron chi connectivity index (χ4n) is 1.43. The third-order valence-electron chi connectivity index (χ3n) is 2.69. The van der Waals surface area contributed by atoms with Crippen LogP contribution in [0.4, 0.5) is 0 Å². The van der Waals surface area contributed by atoms with Gasteiger partial charge in [0, 0.05) is 7.05 Å². The summed E-state index contributed by atoms with van der Waals surface area (Å²) in [7, 11) is -2.15. The Balaban J connectivity index is 4.46. The lowest BCUT2D eigenvalue weighted by Gasteiger charge is -2.18. The Morgan fingerprint density at radius 3 is 2.32 bits per heavy atom. The van der Waals surface area contributed by atoms with Crippen molar-refractivity contribution in [2.45, 2.75) is 39.2 Å². The van der Waals surface area contributed by atoms with E-state index in [1.54, 1.807) is 0 Å². The summed E-state index contributed by atoms with van der Waals surface area (Å²) >= 11 is 0. The summed E-state index contributed by atoms with van der Waals surface area (Å²) in [6.45, 7) is 3.03. The molecule has 0 radical (unpaired) electrons. The van der Waals surface area contributed by atoms with E-state index in [0.717, 1.165) is 10.7 Å². The van der Waals surface area contributed by atoms with Crippen molar-refractivity contribution >= 4 is 21.9 Å². The molecule has 112 valence electrons. The first-order valence-corrected chi connectivity index (χ1v) is 7.81. The minimum absolute atomic E-state index is 0.102. The van der Waals surface area contributed by atoms with Crippen LogP contribution in [0.1, 0.15) is 33.1 Å². The van der Waals surface area contributed by atoms with E-state index in [0.29, 0.717) is 12.8 Å². The van der Waals surface area contributed by atoms with Gasteiger partial charge in [-0.1, -0.05) is 19.8 Å². The zero-order valence-corrected chi connectivity index (χ0v) is 12.4. The number of nitrogens with one attached hydrogen (secondary N) is 1. The second-order valence-corrected chi connectivity index (χ2v) is 6.62. The Bertz CT molecular complexity index is 407. The monoisotopic (exact) mass is 294 g/mol. The van der Waals surface area contributed by atoms with Crippen molar-refractivity contribution in [1.29, 1.82) is 0 Å². The van der Waals surface area contributed by atoms with E-state index >= 15 is 0 Å². The van der Waals surface area contributed by atoms with E-state index in [4.69, 9.17) is 5.11 Å². The molecule has 19 heavy (non-hydrogen) atoms. The number of hydrogen-bond acceptors (Lipinski definition) is 4. The number of carboxylic acid groups (broad SMARTS) is 1. The third-order valence-corrected chi connectivity index (χ3v) is 4.49. The Kier molecular flexibility index (Phi) is 7.62. The van der Waals surface area contributed by atoms with Gasteiger partial charge in [-0.3, -0.25) is 4.79 Å². The number of unbranched alkanes of at least 4 members (excludes halogenated alkanes) is 1. The molecule has 8 heteroatoms. The molecule has 0 rings (SSSR count). The summed E-state index contributed by atoms with van der Waals surface area (Å²) in [5.74, 6) is -1.82. The maximum Gasteiger partial charge on any atom is 0.326 e. The standard InChI is InChI=1S/C11H22N2O5S/c1-4-6-7-9(11(15)16)12-10(14)8-13(3)19(17,18)5-2/h9H,4-8H2,1-3H3,(H,12,14)(H,15,16)/t9-/m0/s1. The largest absolute Gasteiger partial charge is 0.480 e. The van der Waals surface area contributed by atoms with Crippen LogP contribution >= 0.6 is 0 Å². The molecule has 0 spiro atoms. The van der Waals surface area contributed by atoms with Crippen LogP contribution in [0.15, 0.2) is 0 Å². The van der Waals surface area contributed by atoms with E-state index in [1.165, 1.54) is 14.0 Å². The van der Waals surface area contributed by atoms with Gasteiger partial charge in [0.25, 0.3) is 0 Å². The minimum atomic E-state index is -3.44. The van der Waals surface area contributed by atoms with E-state index in [2.05, 4.69) is 5.32 Å². The quantitative estimate of drug-likeness (QED) is 0.624. The normalized spacial score (nSPS) is 13.3. The molecule has 0 saturated carbocycles. The first-order chi connectivity index (χ1) is 8.74. The molecule has 0 unspecified atom stereocenters. The Labute approximate surface area is 114 Å². The minimum Gasteiger partial charge on any atom is -0.480 e. The molecule has 0 aliphatic heterocycles. The summed E-state index contributed by atoms with van der Waals surface area (Å²) in [6.07, 6.45) is 1.84. The number of hydrogen-bond donors (Lipinski definition) is 2. The highest BCUT2D eigenvalue weighted by atomic mass is 32.2. The van der Waals surface area contributed by atoms with Gasteiger partial charge in [0.15, 0.2) is 0 Å². The molecule has 0 aromatic rings. The maximum atomic E-state index is 11.6. The second kappa shape index (κ2) is 8.11. The number of rotatable bonds is 9. The summed E-state index contributed by atoms with van der Waals surface area (Å²) in [5, 5.41) is 11.3. The van der Waals surface area contributed by atoms with Gasteiger partial charge in [-0.25, -0.2) is 13.2 Å². The zero-order chi connectivity index (χ0) is 15.1. The van der Waals surface area contributed by atoms with Crippen molar-refractivity contribution in [3.05, 3.63) is 0 Å². The molecule has 0 aliphatic rings. The lowest BCUT2D eigenvalue weighted by molar-refractivity contribution is -0.142. The molecule has 7 nitrogen and oxygen atoms in total. The van der Waals surface area contributed by atoms with Crippen molar-refractivity contribution in [2.24, 2.45) is 0 Å². The van der Waals surface area contributed by atoms with Crippen LogP contribution in [-0.2, 0) is 19.6 Å². The van der Waals surface area contributed by atoms with Crippen LogP contribution in [0.5, 0.6) is 0 Å². The SMILES string of the molecule is CCCC[C@H](NC(=O)CN(C)S(=O)(=O)CC)C(=O)O. The highest BCUT2D eigenvalue weighted by Crippen LogP contribution is 2.02. The molecule has 0 aliphatic carbocycles. The molecular formula is C11H22N2O5S. The summed E-state index contributed by atoms with van der Waals surface area (Å²) in [5.41, 5.74) is 0. The van der Waals surface area contributed by atoms with Gasteiger partial charge in [0.1, 0.15) is 6.04 Å². The first-order valence-electron chi connectivity index (χ1n) is 6.20. The van der Waals surface area contributed by atoms with E-state index in [-0.39, 0.29) is 12.3 Å². The van der Waals surface area contributed by atoms with Crippen molar-refractivity contribution in [3.63, 3.8) is 0 Å². The molecule has 0 bridgehead atoms. The van der Waals surface area contributed by atoms with Crippen LogP contribution < -0.4 is 5.32 Å². The average Bonchev–Trinajstić information content (AvgIpc) is 2.33. The van der Waals surface area contributed by atoms with Gasteiger partial charge < -0.3 is 10.4 Å². The fourth-order valence-corrected chi connectivity index (χ4v) is 2.18. The van der Waals surface area contributed by atoms with Crippen molar-refractivity contribution in [1.82, 2.24) is 9.62 Å². The summed E-state index contributed by atoms with van der Waals surface area (Å²) in [4.78, 5) is 22.5. The Morgan fingerprint density at radius 2 is 1.89 bits per heavy atom. The lowest BCUT2D eigenvalue weighted by Crippen LogP contribution is -2.46. The van der Waals surface area contributed by atoms with E-state index in [1.807, 2.05) is 6.92 Å². The first kappa shape index (κ1) is 17.8. The third kappa shape index (κ3) is 6.53. The van der Waals surface area contributed by atoms with Gasteiger partial charge >= 0.3 is 5.97 Å². The lowest BCUT2D eigenvalue weighted by atomic mass is 10.1. The summed E-state index contributed by atoms with van der Waals surface area (Å²) in [6, 6.07) is -0.967. The molecule has 1 atom stereocenters. The molecule has 0 aromatic carbocycles. The van der Waals surface area contributed by atoms with Crippen LogP contribution in [0.3, 0.4) is 0 Å². The number of aliphatic carboxylic acids is 1. The maximum absolute atomic E-state index is 11.6. The van der Waals surface area contributed by atoms with Crippen LogP contribution in [0.25, 0.3) is 0 Å². The Morgan fingerprint density at radius 1 is 1.32 bits per heavy atom. The number of carbonyl (C=O) groups excluding carboxylic acids is 1. The van der Waals surface area contributed by atoms with Gasteiger partial charge in [-0.2, -0.15) is 4.31 Å². The molecule has 0 saturated heterocycles. The molecule has 0 heterocycles. The average molecular weight is 294 g/mol. The molecule has 2 N–H and O–H groups in total. The number of sulfonamides is 1. The topological polar surface area (TPSA) is 104 Å². The number of likely N-dealkylation sites (N-methyl/N-ethyl adjacent to an activating group) is 1. The summed E-state index contributed by atoms with van der Waals surface area (Å²) < 4.78 is 23.8. The number of nitrogens with zero attached hydrogens (tertiary/aromatic N) is 1. The predicted octanol–water partition coefficient (Wildman–Crippen LogP) is 0.0275. The molecule has 0 aromatic heterocycles. The number of amides is 1. The van der Waals surface area contributed by atoms with Crippen molar-refractivity contribution in [3.8, 4) is 0 Å². The molecule has 1 amide bonds. The van der Waals surface area contributed by atoms with E-state index < -0.39 is 27.9 Å². The van der Waals surface area contributed by atoms with Crippen LogP contribution in [0.2, 0.25) is 0 Å². The predicted molar refractivity (Wildman–Crippen MR) is 71.2 cm³/mol. The fraction of sp³-hybridized carbons (Fsp3) is 0.818. The van der Waals surface area contributed by atoms with Gasteiger partial charge in [0.2, 0.25) is 15.9 Å². The zero-order valence-electron chi connectivity index (χ0n) is 11.5.